The van der Waals surface area contributed by atoms with Gasteiger partial charge in [-0.2, -0.15) is 0 Å². The van der Waals surface area contributed by atoms with Gasteiger partial charge < -0.3 is 15.0 Å². The minimum atomic E-state index is -0.484. The molecule has 0 spiro atoms. The molecule has 5 heteroatoms. The van der Waals surface area contributed by atoms with Crippen LogP contribution in [0.15, 0.2) is 18.2 Å². The van der Waals surface area contributed by atoms with Crippen LogP contribution in [0.25, 0.3) is 0 Å². The lowest BCUT2D eigenvalue weighted by Crippen LogP contribution is -2.52. The number of amides is 2. The molecule has 5 nitrogen and oxygen atoms in total. The van der Waals surface area contributed by atoms with Crippen molar-refractivity contribution in [2.24, 2.45) is 5.92 Å². The summed E-state index contributed by atoms with van der Waals surface area (Å²) in [5.74, 6) is 0.192. The number of nitrogens with zero attached hydrogens (tertiary/aromatic N) is 1. The second-order valence-electron chi connectivity index (χ2n) is 7.38. The van der Waals surface area contributed by atoms with Gasteiger partial charge in [-0.1, -0.05) is 6.07 Å². The highest BCUT2D eigenvalue weighted by atomic mass is 16.6. The van der Waals surface area contributed by atoms with Gasteiger partial charge in [0.2, 0.25) is 5.91 Å². The van der Waals surface area contributed by atoms with E-state index >= 15 is 0 Å². The molecule has 0 unspecified atom stereocenters. The molecule has 0 aromatic heterocycles. The van der Waals surface area contributed by atoms with E-state index in [0.29, 0.717) is 19.5 Å². The van der Waals surface area contributed by atoms with E-state index in [1.54, 1.807) is 4.90 Å². The zero-order valence-corrected chi connectivity index (χ0v) is 14.6. The van der Waals surface area contributed by atoms with Crippen molar-refractivity contribution in [2.75, 3.05) is 18.4 Å². The molecule has 0 saturated carbocycles. The molecule has 1 aliphatic heterocycles. The van der Waals surface area contributed by atoms with E-state index in [1.807, 2.05) is 46.8 Å². The summed E-state index contributed by atoms with van der Waals surface area (Å²) in [7, 11) is 0. The number of hydrogen-bond acceptors (Lipinski definition) is 3. The molecule has 1 saturated heterocycles. The Hall–Kier alpha value is -2.04. The fourth-order valence-corrected chi connectivity index (χ4v) is 2.70. The molecule has 1 aliphatic rings. The summed E-state index contributed by atoms with van der Waals surface area (Å²) >= 11 is 0. The molecule has 23 heavy (non-hydrogen) atoms. The fourth-order valence-electron chi connectivity index (χ4n) is 2.70. The molecule has 2 rings (SSSR count). The second-order valence-corrected chi connectivity index (χ2v) is 7.38. The predicted octanol–water partition coefficient (Wildman–Crippen LogP) is 3.50. The van der Waals surface area contributed by atoms with E-state index < -0.39 is 5.60 Å². The van der Waals surface area contributed by atoms with Gasteiger partial charge in [0.05, 0.1) is 0 Å². The molecule has 0 radical (unpaired) electrons. The second kappa shape index (κ2) is 6.60. The molecule has 126 valence electrons. The Bertz CT molecular complexity index is 579. The minimum Gasteiger partial charge on any atom is -0.444 e. The molecule has 1 fully saturated rings. The van der Waals surface area contributed by atoms with Crippen LogP contribution in [-0.4, -0.2) is 35.6 Å². The molecule has 2 amide bonds. The van der Waals surface area contributed by atoms with E-state index in [4.69, 9.17) is 4.74 Å². The average Bonchev–Trinajstić information content (AvgIpc) is 2.29. The first-order valence-electron chi connectivity index (χ1n) is 7.98. The van der Waals surface area contributed by atoms with Gasteiger partial charge in [-0.05, 0) is 57.9 Å². The molecule has 1 aromatic carbocycles. The summed E-state index contributed by atoms with van der Waals surface area (Å²) in [5.41, 5.74) is 2.60. The smallest absolute Gasteiger partial charge is 0.410 e. The Kier molecular flexibility index (Phi) is 4.97. The molecule has 0 atom stereocenters. The van der Waals surface area contributed by atoms with Crippen LogP contribution >= 0.6 is 0 Å². The van der Waals surface area contributed by atoms with Gasteiger partial charge in [0, 0.05) is 31.1 Å². The molecule has 1 N–H and O–H groups in total. The molecule has 0 aliphatic carbocycles. The van der Waals surface area contributed by atoms with E-state index in [9.17, 15) is 9.59 Å². The van der Waals surface area contributed by atoms with Gasteiger partial charge in [0.1, 0.15) is 5.60 Å². The summed E-state index contributed by atoms with van der Waals surface area (Å²) in [6.07, 6.45) is 0.121. The van der Waals surface area contributed by atoms with Crippen LogP contribution in [0.5, 0.6) is 0 Å². The molecular formula is C18H26N2O3. The molecular weight excluding hydrogens is 292 g/mol. The van der Waals surface area contributed by atoms with Crippen LogP contribution in [0, 0.1) is 19.8 Å². The number of rotatable bonds is 3. The summed E-state index contributed by atoms with van der Waals surface area (Å²) in [6, 6.07) is 5.98. The van der Waals surface area contributed by atoms with Crippen molar-refractivity contribution in [3.8, 4) is 0 Å². The van der Waals surface area contributed by atoms with Crippen molar-refractivity contribution in [1.29, 1.82) is 0 Å². The Morgan fingerprint density at radius 3 is 2.26 bits per heavy atom. The van der Waals surface area contributed by atoms with Crippen LogP contribution in [0.3, 0.4) is 0 Å². The predicted molar refractivity (Wildman–Crippen MR) is 90.5 cm³/mol. The summed E-state index contributed by atoms with van der Waals surface area (Å²) in [6.45, 7) is 10.7. The number of likely N-dealkylation sites (tertiary alicyclic amines) is 1. The highest BCUT2D eigenvalue weighted by molar-refractivity contribution is 5.91. The Morgan fingerprint density at radius 1 is 1.17 bits per heavy atom. The van der Waals surface area contributed by atoms with Crippen LogP contribution in [-0.2, 0) is 9.53 Å². The normalized spacial score (nSPS) is 15.1. The van der Waals surface area contributed by atoms with E-state index in [2.05, 4.69) is 11.4 Å². The monoisotopic (exact) mass is 318 g/mol. The SMILES string of the molecule is Cc1cc(C)cc(NC(=O)CC2CN(C(=O)OC(C)(C)C)C2)c1. The average molecular weight is 318 g/mol. The maximum atomic E-state index is 12.1. The summed E-state index contributed by atoms with van der Waals surface area (Å²) in [4.78, 5) is 25.6. The summed E-state index contributed by atoms with van der Waals surface area (Å²) < 4.78 is 5.30. The van der Waals surface area contributed by atoms with Gasteiger partial charge in [-0.3, -0.25) is 4.79 Å². The first-order chi connectivity index (χ1) is 10.6. The maximum Gasteiger partial charge on any atom is 0.410 e. The quantitative estimate of drug-likeness (QED) is 0.928. The van der Waals surface area contributed by atoms with Crippen molar-refractivity contribution >= 4 is 17.7 Å². The number of benzene rings is 1. The van der Waals surface area contributed by atoms with Crippen molar-refractivity contribution in [3.05, 3.63) is 29.3 Å². The minimum absolute atomic E-state index is 0.0103. The number of aryl methyl sites for hydroxylation is 2. The number of ether oxygens (including phenoxy) is 1. The lowest BCUT2D eigenvalue weighted by atomic mass is 9.96. The van der Waals surface area contributed by atoms with Crippen molar-refractivity contribution < 1.29 is 14.3 Å². The number of hydrogen-bond donors (Lipinski definition) is 1. The number of anilines is 1. The Balaban J connectivity index is 1.77. The van der Waals surface area contributed by atoms with Gasteiger partial charge in [0.25, 0.3) is 0 Å². The van der Waals surface area contributed by atoms with Crippen LogP contribution in [0.2, 0.25) is 0 Å². The van der Waals surface area contributed by atoms with Gasteiger partial charge in [0.15, 0.2) is 0 Å². The third-order valence-corrected chi connectivity index (χ3v) is 3.59. The number of nitrogens with one attached hydrogen (secondary N) is 1. The van der Waals surface area contributed by atoms with E-state index in [-0.39, 0.29) is 17.9 Å². The van der Waals surface area contributed by atoms with Crippen molar-refractivity contribution in [2.45, 2.75) is 46.6 Å². The first-order valence-corrected chi connectivity index (χ1v) is 7.98. The number of carbonyl (C=O) groups is 2. The fraction of sp³-hybridized carbons (Fsp3) is 0.556. The van der Waals surface area contributed by atoms with E-state index in [1.165, 1.54) is 0 Å². The highest BCUT2D eigenvalue weighted by Gasteiger charge is 2.34. The van der Waals surface area contributed by atoms with Crippen LogP contribution < -0.4 is 5.32 Å². The van der Waals surface area contributed by atoms with Crippen molar-refractivity contribution in [1.82, 2.24) is 4.90 Å². The molecule has 1 aromatic rings. The topological polar surface area (TPSA) is 58.6 Å². The first kappa shape index (κ1) is 17.3. The summed E-state index contributed by atoms with van der Waals surface area (Å²) in [5, 5.41) is 2.93. The third-order valence-electron chi connectivity index (χ3n) is 3.59. The van der Waals surface area contributed by atoms with Gasteiger partial charge >= 0.3 is 6.09 Å². The molecule has 0 bridgehead atoms. The maximum absolute atomic E-state index is 12.1. The standard InChI is InChI=1S/C18H26N2O3/c1-12-6-13(2)8-15(7-12)19-16(21)9-14-10-20(11-14)17(22)23-18(3,4)5/h6-8,14H,9-11H2,1-5H3,(H,19,21). The lowest BCUT2D eigenvalue weighted by molar-refractivity contribution is -0.118. The zero-order chi connectivity index (χ0) is 17.2. The van der Waals surface area contributed by atoms with Crippen LogP contribution in [0.4, 0.5) is 10.5 Å². The van der Waals surface area contributed by atoms with Crippen LogP contribution in [0.1, 0.15) is 38.3 Å². The lowest BCUT2D eigenvalue weighted by Gasteiger charge is -2.39. The largest absolute Gasteiger partial charge is 0.444 e. The van der Waals surface area contributed by atoms with Crippen molar-refractivity contribution in [3.63, 3.8) is 0 Å². The van der Waals surface area contributed by atoms with Gasteiger partial charge in [-0.15, -0.1) is 0 Å². The zero-order valence-electron chi connectivity index (χ0n) is 14.6. The third kappa shape index (κ3) is 5.27. The highest BCUT2D eigenvalue weighted by Crippen LogP contribution is 2.23. The van der Waals surface area contributed by atoms with Gasteiger partial charge in [-0.25, -0.2) is 4.79 Å². The van der Waals surface area contributed by atoms with E-state index in [0.717, 1.165) is 16.8 Å². The Labute approximate surface area is 138 Å². The number of carbonyl (C=O) groups excluding carboxylic acids is 2. The molecule has 1 heterocycles. The Morgan fingerprint density at radius 2 is 1.74 bits per heavy atom.